The van der Waals surface area contributed by atoms with Gasteiger partial charge in [-0.2, -0.15) is 4.98 Å². The van der Waals surface area contributed by atoms with Gasteiger partial charge in [-0.05, 0) is 19.8 Å². The minimum Gasteiger partial charge on any atom is -0.482 e. The zero-order valence-corrected chi connectivity index (χ0v) is 19.8. The van der Waals surface area contributed by atoms with Crippen LogP contribution in [-0.2, 0) is 17.8 Å². The molecule has 3 aromatic rings. The molecule has 1 fully saturated rings. The van der Waals surface area contributed by atoms with Crippen molar-refractivity contribution in [2.75, 3.05) is 18.1 Å². The van der Waals surface area contributed by atoms with E-state index in [1.165, 1.54) is 23.0 Å². The Morgan fingerprint density at radius 2 is 2.03 bits per heavy atom. The number of hydrogen-bond donors (Lipinski definition) is 1. The van der Waals surface area contributed by atoms with E-state index in [1.807, 2.05) is 6.92 Å². The summed E-state index contributed by atoms with van der Waals surface area (Å²) in [6, 6.07) is 1.14. The topological polar surface area (TPSA) is 121 Å². The number of aryl methyl sites for hydroxylation is 1. The lowest BCUT2D eigenvalue weighted by Crippen LogP contribution is -2.50. The van der Waals surface area contributed by atoms with Crippen molar-refractivity contribution in [3.05, 3.63) is 29.3 Å². The summed E-state index contributed by atoms with van der Waals surface area (Å²) in [5.74, 6) is 0.566. The Morgan fingerprint density at radius 3 is 2.74 bits per heavy atom. The van der Waals surface area contributed by atoms with Crippen LogP contribution in [0.1, 0.15) is 30.4 Å². The number of ether oxygens (including phenoxy) is 2. The zero-order valence-electron chi connectivity index (χ0n) is 18.3. The van der Waals surface area contributed by atoms with Crippen LogP contribution in [0.3, 0.4) is 0 Å². The molecule has 0 atom stereocenters. The molecule has 0 aromatic carbocycles. The summed E-state index contributed by atoms with van der Waals surface area (Å²) in [4.78, 5) is 29.5. The number of nitrogens with zero attached hydrogens (tertiary/aromatic N) is 5. The first-order valence-electron chi connectivity index (χ1n) is 10.2. The zero-order chi connectivity index (χ0) is 24.5. The van der Waals surface area contributed by atoms with Crippen molar-refractivity contribution >= 4 is 39.5 Å². The van der Waals surface area contributed by atoms with Crippen LogP contribution >= 0.6 is 11.6 Å². The highest BCUT2D eigenvalue weighted by Crippen LogP contribution is 2.31. The van der Waals surface area contributed by atoms with Crippen LogP contribution in [0.2, 0.25) is 5.02 Å². The Bertz CT molecular complexity index is 1250. The molecular formula is C20H21ClF2N6O4S. The number of halogens is 3. The van der Waals surface area contributed by atoms with Gasteiger partial charge in [0.15, 0.2) is 11.4 Å². The Morgan fingerprint density at radius 1 is 1.29 bits per heavy atom. The fourth-order valence-electron chi connectivity index (χ4n) is 3.41. The average Bonchev–Trinajstić information content (AvgIpc) is 3.12. The Hall–Kier alpha value is -2.93. The van der Waals surface area contributed by atoms with Crippen molar-refractivity contribution in [1.82, 2.24) is 29.8 Å². The fourth-order valence-corrected chi connectivity index (χ4v) is 5.11. The van der Waals surface area contributed by atoms with Gasteiger partial charge in [0.05, 0.1) is 11.2 Å². The first-order chi connectivity index (χ1) is 16.1. The van der Waals surface area contributed by atoms with Crippen LogP contribution in [0.4, 0.5) is 8.78 Å². The van der Waals surface area contributed by atoms with E-state index in [1.54, 1.807) is 7.05 Å². The number of amides is 1. The monoisotopic (exact) mass is 514 g/mol. The van der Waals surface area contributed by atoms with Crippen LogP contribution < -0.4 is 14.8 Å². The minimum atomic E-state index is -2.70. The Balaban J connectivity index is 1.56. The molecule has 1 aliphatic rings. The molecule has 0 spiro atoms. The van der Waals surface area contributed by atoms with Crippen LogP contribution in [0.5, 0.6) is 17.6 Å². The molecule has 1 aliphatic heterocycles. The van der Waals surface area contributed by atoms with Gasteiger partial charge in [-0.3, -0.25) is 9.00 Å². The standard InChI is InChI=1S/C20H21ClF2N6O4S/c1-20(3-5-34(31)6-4-20)28-17(30)16-26-12-9-25-19(27-15(12)29(16)2)33-18-13(32-10-14(22)23)7-11(21)8-24-18/h7-9,14H,3-6,10H2,1-2H3,(H,28,30). The van der Waals surface area contributed by atoms with Crippen LogP contribution in [-0.4, -0.2) is 64.7 Å². The molecule has 34 heavy (non-hydrogen) atoms. The van der Waals surface area contributed by atoms with Crippen molar-refractivity contribution in [1.29, 1.82) is 0 Å². The maximum absolute atomic E-state index is 12.9. The van der Waals surface area contributed by atoms with Gasteiger partial charge in [0.2, 0.25) is 5.82 Å². The predicted molar refractivity (Wildman–Crippen MR) is 120 cm³/mol. The van der Waals surface area contributed by atoms with E-state index in [4.69, 9.17) is 21.1 Å². The number of aromatic nitrogens is 5. The summed E-state index contributed by atoms with van der Waals surface area (Å²) in [5.41, 5.74) is 0.194. The second kappa shape index (κ2) is 9.74. The molecule has 182 valence electrons. The van der Waals surface area contributed by atoms with Crippen molar-refractivity contribution in [3.8, 4) is 17.6 Å². The van der Waals surface area contributed by atoms with E-state index in [2.05, 4.69) is 25.3 Å². The number of rotatable bonds is 7. The molecule has 1 saturated heterocycles. The number of fused-ring (bicyclic) bond motifs is 1. The lowest BCUT2D eigenvalue weighted by Gasteiger charge is -2.33. The first-order valence-corrected chi connectivity index (χ1v) is 12.1. The van der Waals surface area contributed by atoms with Gasteiger partial charge in [0.1, 0.15) is 12.1 Å². The van der Waals surface area contributed by atoms with Gasteiger partial charge < -0.3 is 19.4 Å². The highest BCUT2D eigenvalue weighted by Gasteiger charge is 2.32. The van der Waals surface area contributed by atoms with Crippen LogP contribution in [0, 0.1) is 0 Å². The van der Waals surface area contributed by atoms with Gasteiger partial charge in [-0.1, -0.05) is 11.6 Å². The lowest BCUT2D eigenvalue weighted by molar-refractivity contribution is 0.0803. The van der Waals surface area contributed by atoms with E-state index in [9.17, 15) is 17.8 Å². The molecule has 0 bridgehead atoms. The van der Waals surface area contributed by atoms with Gasteiger partial charge in [-0.15, -0.1) is 0 Å². The largest absolute Gasteiger partial charge is 0.482 e. The summed E-state index contributed by atoms with van der Waals surface area (Å²) in [6.45, 7) is 1.05. The summed E-state index contributed by atoms with van der Waals surface area (Å²) in [5, 5.41) is 3.16. The van der Waals surface area contributed by atoms with E-state index in [0.717, 1.165) is 0 Å². The lowest BCUT2D eigenvalue weighted by atomic mass is 9.95. The van der Waals surface area contributed by atoms with Crippen molar-refractivity contribution in [2.24, 2.45) is 7.05 Å². The van der Waals surface area contributed by atoms with E-state index in [0.29, 0.717) is 35.5 Å². The molecule has 14 heteroatoms. The quantitative estimate of drug-likeness (QED) is 0.511. The number of imidazole rings is 1. The summed E-state index contributed by atoms with van der Waals surface area (Å²) >= 11 is 5.87. The smallest absolute Gasteiger partial charge is 0.325 e. The second-order valence-corrected chi connectivity index (χ2v) is 10.1. The highest BCUT2D eigenvalue weighted by molar-refractivity contribution is 7.85. The Kier molecular flexibility index (Phi) is 6.94. The van der Waals surface area contributed by atoms with E-state index < -0.39 is 29.4 Å². The van der Waals surface area contributed by atoms with Crippen molar-refractivity contribution < 1.29 is 27.3 Å². The average molecular weight is 515 g/mol. The SMILES string of the molecule is Cn1c(C(=O)NC2(C)CCS(=O)CC2)nc2cnc(Oc3ncc(Cl)cc3OCC(F)F)nc21. The maximum atomic E-state index is 12.9. The van der Waals surface area contributed by atoms with Crippen molar-refractivity contribution in [3.63, 3.8) is 0 Å². The number of nitrogens with one attached hydrogen (secondary N) is 1. The van der Waals surface area contributed by atoms with Gasteiger partial charge in [-0.25, -0.2) is 23.7 Å². The van der Waals surface area contributed by atoms with Crippen molar-refractivity contribution in [2.45, 2.75) is 31.7 Å². The molecule has 3 aromatic heterocycles. The van der Waals surface area contributed by atoms with E-state index in [-0.39, 0.29) is 34.4 Å². The molecule has 0 radical (unpaired) electrons. The Labute approximate surface area is 200 Å². The number of pyridine rings is 1. The molecule has 0 saturated carbocycles. The maximum Gasteiger partial charge on any atom is 0.325 e. The molecule has 1 N–H and O–H groups in total. The number of alkyl halides is 2. The minimum absolute atomic E-state index is 0.0942. The highest BCUT2D eigenvalue weighted by atomic mass is 35.5. The molecule has 1 amide bonds. The summed E-state index contributed by atoms with van der Waals surface area (Å²) < 4.78 is 48.8. The molecule has 4 rings (SSSR count). The normalized spacial score (nSPS) is 20.5. The molecular weight excluding hydrogens is 494 g/mol. The molecule has 0 aliphatic carbocycles. The second-order valence-electron chi connectivity index (χ2n) is 7.98. The van der Waals surface area contributed by atoms with Crippen LogP contribution in [0.15, 0.2) is 18.5 Å². The third kappa shape index (κ3) is 5.41. The third-order valence-electron chi connectivity index (χ3n) is 5.31. The predicted octanol–water partition coefficient (Wildman–Crippen LogP) is 2.88. The van der Waals surface area contributed by atoms with Crippen LogP contribution in [0.25, 0.3) is 11.2 Å². The summed E-state index contributed by atoms with van der Waals surface area (Å²) in [6.07, 6.45) is 1.15. The molecule has 0 unspecified atom stereocenters. The number of carbonyl (C=O) groups excluding carboxylic acids is 1. The fraction of sp³-hybridized carbons (Fsp3) is 0.450. The third-order valence-corrected chi connectivity index (χ3v) is 6.83. The number of hydrogen-bond acceptors (Lipinski definition) is 8. The van der Waals surface area contributed by atoms with Gasteiger partial charge >= 0.3 is 6.01 Å². The molecule has 4 heterocycles. The van der Waals surface area contributed by atoms with Gasteiger partial charge in [0, 0.05) is 47.2 Å². The first kappa shape index (κ1) is 24.2. The molecule has 10 nitrogen and oxygen atoms in total. The number of carbonyl (C=O) groups is 1. The van der Waals surface area contributed by atoms with Gasteiger partial charge in [0.25, 0.3) is 18.2 Å². The van der Waals surface area contributed by atoms with E-state index >= 15 is 0 Å². The summed E-state index contributed by atoms with van der Waals surface area (Å²) in [7, 11) is 0.770.